The van der Waals surface area contributed by atoms with Crippen LogP contribution in [0, 0.1) is 6.92 Å². The fourth-order valence-corrected chi connectivity index (χ4v) is 3.25. The fourth-order valence-electron chi connectivity index (χ4n) is 3.25. The summed E-state index contributed by atoms with van der Waals surface area (Å²) in [5.74, 6) is 0.882. The molecule has 1 aliphatic rings. The lowest BCUT2D eigenvalue weighted by atomic mass is 10.2. The summed E-state index contributed by atoms with van der Waals surface area (Å²) in [6, 6.07) is 15.8. The van der Waals surface area contributed by atoms with Gasteiger partial charge in [0.15, 0.2) is 0 Å². The quantitative estimate of drug-likeness (QED) is 0.823. The number of benzene rings is 2. The van der Waals surface area contributed by atoms with Crippen LogP contribution in [0.3, 0.4) is 0 Å². The lowest BCUT2D eigenvalue weighted by molar-refractivity contribution is 0.240. The van der Waals surface area contributed by atoms with Gasteiger partial charge in [0.2, 0.25) is 0 Å². The van der Waals surface area contributed by atoms with E-state index in [1.54, 1.807) is 7.11 Å². The largest absolute Gasteiger partial charge is 0.497 e. The first kappa shape index (κ1) is 19.0. The summed E-state index contributed by atoms with van der Waals surface area (Å²) in [5.41, 5.74) is 3.18. The second-order valence-electron chi connectivity index (χ2n) is 6.78. The number of urea groups is 1. The Hall–Kier alpha value is -2.73. The number of aryl methyl sites for hydroxylation is 1. The third-order valence-electron chi connectivity index (χ3n) is 4.80. The third-order valence-corrected chi connectivity index (χ3v) is 4.80. The second kappa shape index (κ2) is 9.28. The number of nitrogens with zero attached hydrogens (tertiary/aromatic N) is 2. The minimum absolute atomic E-state index is 0.155. The first-order chi connectivity index (χ1) is 13.1. The van der Waals surface area contributed by atoms with Crippen LogP contribution in [0.25, 0.3) is 0 Å². The summed E-state index contributed by atoms with van der Waals surface area (Å²) in [6.07, 6.45) is 0. The van der Waals surface area contributed by atoms with Crippen molar-refractivity contribution in [1.82, 2.24) is 10.2 Å². The summed E-state index contributed by atoms with van der Waals surface area (Å²) >= 11 is 0. The molecule has 2 N–H and O–H groups in total. The summed E-state index contributed by atoms with van der Waals surface area (Å²) in [4.78, 5) is 16.8. The van der Waals surface area contributed by atoms with Gasteiger partial charge in [0.1, 0.15) is 5.75 Å². The predicted octanol–water partition coefficient (Wildman–Crippen LogP) is 2.95. The van der Waals surface area contributed by atoms with Crippen molar-refractivity contribution in [3.05, 3.63) is 54.1 Å². The Morgan fingerprint density at radius 2 is 1.81 bits per heavy atom. The van der Waals surface area contributed by atoms with Crippen LogP contribution in [0.15, 0.2) is 48.5 Å². The Morgan fingerprint density at radius 1 is 1.07 bits per heavy atom. The molecule has 144 valence electrons. The van der Waals surface area contributed by atoms with Gasteiger partial charge >= 0.3 is 6.03 Å². The van der Waals surface area contributed by atoms with Gasteiger partial charge in [-0.2, -0.15) is 0 Å². The van der Waals surface area contributed by atoms with E-state index >= 15 is 0 Å². The summed E-state index contributed by atoms with van der Waals surface area (Å²) in [5, 5.41) is 5.81. The highest BCUT2D eigenvalue weighted by Gasteiger charge is 2.17. The zero-order valence-electron chi connectivity index (χ0n) is 16.1. The van der Waals surface area contributed by atoms with E-state index in [1.165, 1.54) is 5.69 Å². The molecule has 1 fully saturated rings. The van der Waals surface area contributed by atoms with Crippen molar-refractivity contribution in [2.45, 2.75) is 6.92 Å². The third kappa shape index (κ3) is 5.62. The van der Waals surface area contributed by atoms with Gasteiger partial charge in [0, 0.05) is 50.6 Å². The van der Waals surface area contributed by atoms with Crippen molar-refractivity contribution < 1.29 is 9.53 Å². The molecule has 0 bridgehead atoms. The van der Waals surface area contributed by atoms with E-state index in [0.29, 0.717) is 6.54 Å². The molecule has 0 aromatic heterocycles. The Bertz CT molecular complexity index is 740. The molecule has 3 rings (SSSR count). The maximum atomic E-state index is 12.0. The number of piperazine rings is 1. The maximum absolute atomic E-state index is 12.0. The minimum Gasteiger partial charge on any atom is -0.497 e. The second-order valence-corrected chi connectivity index (χ2v) is 6.78. The average molecular weight is 368 g/mol. The molecule has 0 spiro atoms. The predicted molar refractivity (Wildman–Crippen MR) is 110 cm³/mol. The highest BCUT2D eigenvalue weighted by Crippen LogP contribution is 2.20. The van der Waals surface area contributed by atoms with Crippen molar-refractivity contribution in [3.8, 4) is 5.75 Å². The molecule has 2 aromatic rings. The molecule has 0 saturated carbocycles. The summed E-state index contributed by atoms with van der Waals surface area (Å²) < 4.78 is 5.21. The first-order valence-corrected chi connectivity index (χ1v) is 9.37. The van der Waals surface area contributed by atoms with Crippen molar-refractivity contribution in [1.29, 1.82) is 0 Å². The standard InChI is InChI=1S/C21H28N4O2/c1-17-4-3-5-18(16-17)23-21(26)22-10-11-24-12-14-25(15-13-24)19-6-8-20(27-2)9-7-19/h3-9,16H,10-15H2,1-2H3,(H2,22,23,26). The van der Waals surface area contributed by atoms with E-state index in [-0.39, 0.29) is 6.03 Å². The molecule has 0 atom stereocenters. The number of methoxy groups -OCH3 is 1. The zero-order valence-corrected chi connectivity index (χ0v) is 16.1. The molecule has 27 heavy (non-hydrogen) atoms. The van der Waals surface area contributed by atoms with E-state index in [4.69, 9.17) is 4.74 Å². The molecule has 6 nitrogen and oxygen atoms in total. The molecule has 2 amide bonds. The van der Waals surface area contributed by atoms with Crippen LogP contribution in [-0.2, 0) is 0 Å². The van der Waals surface area contributed by atoms with Gasteiger partial charge in [-0.05, 0) is 48.9 Å². The van der Waals surface area contributed by atoms with Crippen LogP contribution in [0.4, 0.5) is 16.2 Å². The molecule has 1 aliphatic heterocycles. The van der Waals surface area contributed by atoms with Crippen LogP contribution in [0.5, 0.6) is 5.75 Å². The number of hydrogen-bond donors (Lipinski definition) is 2. The molecule has 0 radical (unpaired) electrons. The van der Waals surface area contributed by atoms with Crippen molar-refractivity contribution in [2.24, 2.45) is 0 Å². The molecule has 1 saturated heterocycles. The molecule has 0 aliphatic carbocycles. The Balaban J connectivity index is 1.36. The van der Waals surface area contributed by atoms with Gasteiger partial charge in [0.05, 0.1) is 7.11 Å². The van der Waals surface area contributed by atoms with Gasteiger partial charge in [-0.3, -0.25) is 4.90 Å². The zero-order chi connectivity index (χ0) is 19.1. The minimum atomic E-state index is -0.155. The van der Waals surface area contributed by atoms with E-state index in [1.807, 2.05) is 43.3 Å². The van der Waals surface area contributed by atoms with E-state index < -0.39 is 0 Å². The molecule has 1 heterocycles. The highest BCUT2D eigenvalue weighted by molar-refractivity contribution is 5.89. The van der Waals surface area contributed by atoms with Crippen LogP contribution in [0.2, 0.25) is 0 Å². The van der Waals surface area contributed by atoms with Crippen molar-refractivity contribution in [2.75, 3.05) is 56.6 Å². The van der Waals surface area contributed by atoms with Crippen molar-refractivity contribution >= 4 is 17.4 Å². The van der Waals surface area contributed by atoms with E-state index in [9.17, 15) is 4.79 Å². The first-order valence-electron chi connectivity index (χ1n) is 9.37. The molecular weight excluding hydrogens is 340 g/mol. The normalized spacial score (nSPS) is 14.7. The molecule has 6 heteroatoms. The topological polar surface area (TPSA) is 56.8 Å². The number of anilines is 2. The van der Waals surface area contributed by atoms with Crippen molar-refractivity contribution in [3.63, 3.8) is 0 Å². The molecule has 2 aromatic carbocycles. The van der Waals surface area contributed by atoms with Crippen LogP contribution in [0.1, 0.15) is 5.56 Å². The van der Waals surface area contributed by atoms with E-state index in [2.05, 4.69) is 32.6 Å². The number of nitrogens with one attached hydrogen (secondary N) is 2. The number of carbonyl (C=O) groups excluding carboxylic acids is 1. The van der Waals surface area contributed by atoms with Gasteiger partial charge < -0.3 is 20.3 Å². The number of hydrogen-bond acceptors (Lipinski definition) is 4. The highest BCUT2D eigenvalue weighted by atomic mass is 16.5. The fraction of sp³-hybridized carbons (Fsp3) is 0.381. The van der Waals surface area contributed by atoms with Gasteiger partial charge in [-0.1, -0.05) is 12.1 Å². The lowest BCUT2D eigenvalue weighted by Crippen LogP contribution is -2.48. The Kier molecular flexibility index (Phi) is 6.54. The smallest absolute Gasteiger partial charge is 0.319 e. The van der Waals surface area contributed by atoms with Gasteiger partial charge in [-0.25, -0.2) is 4.79 Å². The van der Waals surface area contributed by atoms with Gasteiger partial charge in [0.25, 0.3) is 0 Å². The summed E-state index contributed by atoms with van der Waals surface area (Å²) in [7, 11) is 1.68. The van der Waals surface area contributed by atoms with Crippen LogP contribution >= 0.6 is 0 Å². The monoisotopic (exact) mass is 368 g/mol. The Morgan fingerprint density at radius 3 is 2.48 bits per heavy atom. The van der Waals surface area contributed by atoms with E-state index in [0.717, 1.165) is 49.7 Å². The average Bonchev–Trinajstić information content (AvgIpc) is 2.69. The van der Waals surface area contributed by atoms with Crippen LogP contribution < -0.4 is 20.3 Å². The lowest BCUT2D eigenvalue weighted by Gasteiger charge is -2.36. The molecule has 0 unspecified atom stereocenters. The Labute approximate surface area is 161 Å². The number of ether oxygens (including phenoxy) is 1. The number of carbonyl (C=O) groups is 1. The number of rotatable bonds is 6. The maximum Gasteiger partial charge on any atom is 0.319 e. The summed E-state index contributed by atoms with van der Waals surface area (Å²) in [6.45, 7) is 7.47. The van der Waals surface area contributed by atoms with Crippen LogP contribution in [-0.4, -0.2) is 57.3 Å². The number of amides is 2. The van der Waals surface area contributed by atoms with Gasteiger partial charge in [-0.15, -0.1) is 0 Å². The molecular formula is C21H28N4O2. The SMILES string of the molecule is COc1ccc(N2CCN(CCNC(=O)Nc3cccc(C)c3)CC2)cc1.